The van der Waals surface area contributed by atoms with E-state index in [0.717, 1.165) is 0 Å². The molecule has 0 radical (unpaired) electrons. The zero-order valence-corrected chi connectivity index (χ0v) is 10.6. The van der Waals surface area contributed by atoms with Gasteiger partial charge in [0.05, 0.1) is 19.1 Å². The molecule has 0 fully saturated rings. The maximum atomic E-state index is 11.6. The summed E-state index contributed by atoms with van der Waals surface area (Å²) in [6.07, 6.45) is 6.39. The molecule has 0 aromatic carbocycles. The van der Waals surface area contributed by atoms with Crippen LogP contribution < -0.4 is 5.32 Å². The van der Waals surface area contributed by atoms with E-state index in [0.29, 0.717) is 26.1 Å². The molecule has 0 spiro atoms. The van der Waals surface area contributed by atoms with E-state index in [9.17, 15) is 9.59 Å². The van der Waals surface area contributed by atoms with Gasteiger partial charge in [-0.25, -0.2) is 9.78 Å². The quantitative estimate of drug-likeness (QED) is 0.697. The monoisotopic (exact) mass is 278 g/mol. The first-order valence-electron chi connectivity index (χ1n) is 6.01. The molecule has 2 rings (SSSR count). The smallest absolute Gasteiger partial charge is 0.356 e. The van der Waals surface area contributed by atoms with Crippen molar-refractivity contribution in [3.05, 3.63) is 30.6 Å². The Morgan fingerprint density at radius 3 is 2.85 bits per heavy atom. The number of carbonyl (C=O) groups excluding carboxylic acids is 1. The summed E-state index contributed by atoms with van der Waals surface area (Å²) in [5.74, 6) is -1.17. The molecule has 9 heteroatoms. The molecule has 106 valence electrons. The highest BCUT2D eigenvalue weighted by Crippen LogP contribution is 1.95. The van der Waals surface area contributed by atoms with Gasteiger partial charge in [-0.15, -0.1) is 5.10 Å². The molecule has 2 heterocycles. The summed E-state index contributed by atoms with van der Waals surface area (Å²) in [6, 6.07) is 0. The van der Waals surface area contributed by atoms with Gasteiger partial charge in [0.2, 0.25) is 5.91 Å². The zero-order valence-electron chi connectivity index (χ0n) is 10.6. The summed E-state index contributed by atoms with van der Waals surface area (Å²) in [7, 11) is 0. The van der Waals surface area contributed by atoms with E-state index in [1.807, 2.05) is 0 Å². The van der Waals surface area contributed by atoms with Crippen LogP contribution in [0.2, 0.25) is 0 Å². The van der Waals surface area contributed by atoms with E-state index in [4.69, 9.17) is 5.11 Å². The van der Waals surface area contributed by atoms with Crippen LogP contribution >= 0.6 is 0 Å². The molecule has 0 aliphatic heterocycles. The molecule has 20 heavy (non-hydrogen) atoms. The number of carbonyl (C=O) groups is 2. The Kier molecular flexibility index (Phi) is 4.43. The average molecular weight is 278 g/mol. The number of aromatic nitrogens is 5. The van der Waals surface area contributed by atoms with Crippen LogP contribution in [0.3, 0.4) is 0 Å². The van der Waals surface area contributed by atoms with E-state index in [1.165, 1.54) is 12.5 Å². The first kappa shape index (κ1) is 13.7. The van der Waals surface area contributed by atoms with Crippen LogP contribution in [0, 0.1) is 0 Å². The first-order chi connectivity index (χ1) is 9.65. The summed E-state index contributed by atoms with van der Waals surface area (Å²) in [5.41, 5.74) is -0.0116. The number of aromatic carboxylic acids is 1. The molecule has 0 bridgehead atoms. The summed E-state index contributed by atoms with van der Waals surface area (Å²) >= 11 is 0. The summed E-state index contributed by atoms with van der Waals surface area (Å²) in [6.45, 7) is 1.35. The second kappa shape index (κ2) is 6.45. The molecule has 0 saturated carbocycles. The van der Waals surface area contributed by atoms with Crippen molar-refractivity contribution in [2.24, 2.45) is 0 Å². The Balaban J connectivity index is 1.67. The van der Waals surface area contributed by atoms with Gasteiger partial charge in [0.25, 0.3) is 0 Å². The van der Waals surface area contributed by atoms with E-state index in [1.54, 1.807) is 21.6 Å². The molecular formula is C11H14N6O3. The van der Waals surface area contributed by atoms with Gasteiger partial charge in [0.15, 0.2) is 5.69 Å². The molecule has 2 aromatic rings. The van der Waals surface area contributed by atoms with Gasteiger partial charge in [-0.05, 0) is 0 Å². The molecule has 2 N–H and O–H groups in total. The molecule has 9 nitrogen and oxygen atoms in total. The second-order valence-electron chi connectivity index (χ2n) is 4.07. The number of aryl methyl sites for hydroxylation is 1. The van der Waals surface area contributed by atoms with Gasteiger partial charge in [0, 0.05) is 31.9 Å². The maximum absolute atomic E-state index is 11.6. The lowest BCUT2D eigenvalue weighted by atomic mass is 10.4. The van der Waals surface area contributed by atoms with Crippen molar-refractivity contribution in [1.29, 1.82) is 0 Å². The van der Waals surface area contributed by atoms with Crippen molar-refractivity contribution in [2.45, 2.75) is 19.5 Å². The van der Waals surface area contributed by atoms with Crippen molar-refractivity contribution in [1.82, 2.24) is 29.9 Å². The number of amides is 1. The second-order valence-corrected chi connectivity index (χ2v) is 4.07. The fraction of sp³-hybridized carbons (Fsp3) is 0.364. The van der Waals surface area contributed by atoms with E-state index >= 15 is 0 Å². The highest BCUT2D eigenvalue weighted by Gasteiger charge is 2.06. The summed E-state index contributed by atoms with van der Waals surface area (Å²) in [5, 5.41) is 18.8. The molecular weight excluding hydrogens is 264 g/mol. The van der Waals surface area contributed by atoms with Crippen LogP contribution in [0.25, 0.3) is 0 Å². The third-order valence-electron chi connectivity index (χ3n) is 2.58. The largest absolute Gasteiger partial charge is 0.476 e. The molecule has 0 aliphatic rings. The highest BCUT2D eigenvalue weighted by molar-refractivity contribution is 5.84. The van der Waals surface area contributed by atoms with Crippen LogP contribution in [-0.4, -0.2) is 48.1 Å². The Bertz CT molecular complexity index is 577. The SMILES string of the molecule is O=C(CCn1ccnn1)NCCn1cnc(C(=O)O)c1. The van der Waals surface area contributed by atoms with Crippen LogP contribution in [-0.2, 0) is 17.9 Å². The molecule has 0 atom stereocenters. The number of carboxylic acid groups (broad SMARTS) is 1. The van der Waals surface area contributed by atoms with Gasteiger partial charge in [-0.2, -0.15) is 0 Å². The Morgan fingerprint density at radius 2 is 2.20 bits per heavy atom. The number of hydrogen-bond donors (Lipinski definition) is 2. The van der Waals surface area contributed by atoms with Crippen LogP contribution in [0.1, 0.15) is 16.9 Å². The fourth-order valence-electron chi connectivity index (χ4n) is 1.57. The minimum Gasteiger partial charge on any atom is -0.476 e. The third kappa shape index (κ3) is 3.90. The third-order valence-corrected chi connectivity index (χ3v) is 2.58. The van der Waals surface area contributed by atoms with Crippen LogP contribution in [0.4, 0.5) is 0 Å². The van der Waals surface area contributed by atoms with Crippen molar-refractivity contribution < 1.29 is 14.7 Å². The van der Waals surface area contributed by atoms with Gasteiger partial charge in [-0.1, -0.05) is 5.21 Å². The van der Waals surface area contributed by atoms with Gasteiger partial charge >= 0.3 is 5.97 Å². The van der Waals surface area contributed by atoms with E-state index in [-0.39, 0.29) is 11.6 Å². The molecule has 0 unspecified atom stereocenters. The number of hydrogen-bond acceptors (Lipinski definition) is 5. The Labute approximate surface area is 114 Å². The summed E-state index contributed by atoms with van der Waals surface area (Å²) in [4.78, 5) is 25.9. The van der Waals surface area contributed by atoms with Crippen LogP contribution in [0.5, 0.6) is 0 Å². The normalized spacial score (nSPS) is 10.4. The van der Waals surface area contributed by atoms with Gasteiger partial charge in [0.1, 0.15) is 0 Å². The minimum absolute atomic E-state index is 0.0116. The predicted molar refractivity (Wildman–Crippen MR) is 66.8 cm³/mol. The topological polar surface area (TPSA) is 115 Å². The minimum atomic E-state index is -1.07. The van der Waals surface area contributed by atoms with E-state index < -0.39 is 5.97 Å². The van der Waals surface area contributed by atoms with E-state index in [2.05, 4.69) is 20.6 Å². The lowest BCUT2D eigenvalue weighted by molar-refractivity contribution is -0.121. The number of nitrogens with one attached hydrogen (secondary N) is 1. The fourth-order valence-corrected chi connectivity index (χ4v) is 1.57. The number of imidazole rings is 1. The van der Waals surface area contributed by atoms with Crippen molar-refractivity contribution in [3.8, 4) is 0 Å². The Morgan fingerprint density at radius 1 is 1.35 bits per heavy atom. The standard InChI is InChI=1S/C11H14N6O3/c18-10(1-4-17-6-3-14-15-17)12-2-5-16-7-9(11(19)20)13-8-16/h3,6-8H,1-2,4-5H2,(H,12,18)(H,19,20). The maximum Gasteiger partial charge on any atom is 0.356 e. The molecule has 0 saturated heterocycles. The summed E-state index contributed by atoms with van der Waals surface area (Å²) < 4.78 is 3.19. The van der Waals surface area contributed by atoms with Gasteiger partial charge < -0.3 is 15.0 Å². The number of carboxylic acids is 1. The zero-order chi connectivity index (χ0) is 14.4. The molecule has 1 amide bonds. The Hall–Kier alpha value is -2.71. The first-order valence-corrected chi connectivity index (χ1v) is 6.01. The number of rotatable bonds is 7. The molecule has 2 aromatic heterocycles. The average Bonchev–Trinajstić information content (AvgIpc) is 3.07. The van der Waals surface area contributed by atoms with Gasteiger partial charge in [-0.3, -0.25) is 9.48 Å². The van der Waals surface area contributed by atoms with Crippen LogP contribution in [0.15, 0.2) is 24.9 Å². The van der Waals surface area contributed by atoms with Crippen molar-refractivity contribution in [3.63, 3.8) is 0 Å². The lowest BCUT2D eigenvalue weighted by Gasteiger charge is -2.05. The van der Waals surface area contributed by atoms with Crippen molar-refractivity contribution in [2.75, 3.05) is 6.54 Å². The number of nitrogens with zero attached hydrogens (tertiary/aromatic N) is 5. The van der Waals surface area contributed by atoms with Crippen molar-refractivity contribution >= 4 is 11.9 Å². The molecule has 0 aliphatic carbocycles. The lowest BCUT2D eigenvalue weighted by Crippen LogP contribution is -2.27. The highest BCUT2D eigenvalue weighted by atomic mass is 16.4. The predicted octanol–water partition coefficient (Wildman–Crippen LogP) is -0.621.